The van der Waals surface area contributed by atoms with Gasteiger partial charge < -0.3 is 4.43 Å². The molecule has 25 heavy (non-hydrogen) atoms. The van der Waals surface area contributed by atoms with Crippen LogP contribution in [0, 0.1) is 0 Å². The lowest BCUT2D eigenvalue weighted by Crippen LogP contribution is -2.41. The number of hydrogen-bond acceptors (Lipinski definition) is 3. The van der Waals surface area contributed by atoms with Crippen molar-refractivity contribution in [3.05, 3.63) is 33.8 Å². The maximum absolute atomic E-state index is 12.7. The summed E-state index contributed by atoms with van der Waals surface area (Å²) in [5.41, 5.74) is 0.808. The van der Waals surface area contributed by atoms with Crippen LogP contribution < -0.4 is 0 Å². The van der Waals surface area contributed by atoms with Gasteiger partial charge in [0.15, 0.2) is 8.32 Å². The number of halogens is 2. The fourth-order valence-corrected chi connectivity index (χ4v) is 3.49. The van der Waals surface area contributed by atoms with Gasteiger partial charge in [0.1, 0.15) is 0 Å². The van der Waals surface area contributed by atoms with Crippen LogP contribution in [0.25, 0.3) is 0 Å². The van der Waals surface area contributed by atoms with Crippen LogP contribution in [-0.2, 0) is 14.1 Å². The van der Waals surface area contributed by atoms with Crippen LogP contribution in [0.4, 0.5) is 0 Å². The molecule has 4 nitrogen and oxygen atoms in total. The Morgan fingerprint density at radius 3 is 2.32 bits per heavy atom. The van der Waals surface area contributed by atoms with Gasteiger partial charge in [-0.2, -0.15) is 0 Å². The molecule has 0 saturated carbocycles. The van der Waals surface area contributed by atoms with Crippen molar-refractivity contribution >= 4 is 37.4 Å². The number of benzene rings is 1. The quantitative estimate of drug-likeness (QED) is 0.443. The molecule has 1 aromatic rings. The smallest absolute Gasteiger partial charge is 0.253 e. The Hall–Kier alpha value is -0.593. The molecule has 1 atom stereocenters. The SMILES string of the molecule is CON(C)C(=O)[C@H](CCO[Si](C)(C)C(C)(C)C)c1ccc(Cl)c(Cl)c1. The number of carbonyl (C=O) groups excluding carboxylic acids is 1. The fourth-order valence-electron chi connectivity index (χ4n) is 2.12. The van der Waals surface area contributed by atoms with Gasteiger partial charge >= 0.3 is 0 Å². The summed E-state index contributed by atoms with van der Waals surface area (Å²) in [4.78, 5) is 17.8. The van der Waals surface area contributed by atoms with Gasteiger partial charge in [-0.15, -0.1) is 0 Å². The Bertz CT molecular complexity index is 602. The zero-order valence-corrected chi connectivity index (χ0v) is 18.7. The number of likely N-dealkylation sites (N-methyl/N-ethyl adjacent to an activating group) is 1. The van der Waals surface area contributed by atoms with E-state index in [2.05, 4.69) is 33.9 Å². The van der Waals surface area contributed by atoms with E-state index in [1.807, 2.05) is 6.07 Å². The standard InChI is InChI=1S/C18H29Cl2NO3Si/c1-18(2,3)25(6,7)24-11-10-14(17(22)21(4)23-5)13-8-9-15(19)16(20)12-13/h8-9,12,14H,10-11H2,1-7H3/t14-/m1/s1. The molecule has 0 unspecified atom stereocenters. The van der Waals surface area contributed by atoms with Crippen molar-refractivity contribution in [2.45, 2.75) is 51.2 Å². The lowest BCUT2D eigenvalue weighted by atomic mass is 9.95. The second kappa shape index (κ2) is 8.87. The first kappa shape index (κ1) is 22.4. The molecule has 0 radical (unpaired) electrons. The first-order valence-corrected chi connectivity index (χ1v) is 12.0. The summed E-state index contributed by atoms with van der Waals surface area (Å²) >= 11 is 12.1. The Balaban J connectivity index is 2.96. The molecule has 0 aliphatic carbocycles. The van der Waals surface area contributed by atoms with Crippen molar-refractivity contribution in [1.82, 2.24) is 5.06 Å². The predicted octanol–water partition coefficient (Wildman–Crippen LogP) is 5.51. The minimum Gasteiger partial charge on any atom is -0.417 e. The van der Waals surface area contributed by atoms with Crippen LogP contribution in [0.3, 0.4) is 0 Å². The number of hydrogen-bond donors (Lipinski definition) is 0. The van der Waals surface area contributed by atoms with Crippen LogP contribution in [0.1, 0.15) is 38.7 Å². The minimum absolute atomic E-state index is 0.124. The largest absolute Gasteiger partial charge is 0.417 e. The number of rotatable bonds is 7. The molecule has 0 aliphatic rings. The van der Waals surface area contributed by atoms with Gasteiger partial charge in [0, 0.05) is 13.7 Å². The molecule has 0 aromatic heterocycles. The molecule has 142 valence electrons. The zero-order valence-electron chi connectivity index (χ0n) is 16.2. The highest BCUT2D eigenvalue weighted by atomic mass is 35.5. The van der Waals surface area contributed by atoms with Gasteiger partial charge in [-0.3, -0.25) is 9.63 Å². The van der Waals surface area contributed by atoms with E-state index in [1.165, 1.54) is 12.2 Å². The summed E-state index contributed by atoms with van der Waals surface area (Å²) in [6, 6.07) is 5.27. The molecular weight excluding hydrogens is 377 g/mol. The molecule has 0 fully saturated rings. The summed E-state index contributed by atoms with van der Waals surface area (Å²) in [5.74, 6) is -0.538. The normalized spacial score (nSPS) is 13.6. The Kier molecular flexibility index (Phi) is 7.96. The average Bonchev–Trinajstić information content (AvgIpc) is 2.52. The van der Waals surface area contributed by atoms with Crippen LogP contribution in [0.5, 0.6) is 0 Å². The lowest BCUT2D eigenvalue weighted by Gasteiger charge is -2.36. The van der Waals surface area contributed by atoms with E-state index in [9.17, 15) is 4.79 Å². The first-order valence-electron chi connectivity index (χ1n) is 8.31. The third-order valence-electron chi connectivity index (χ3n) is 4.90. The maximum Gasteiger partial charge on any atom is 0.253 e. The molecule has 7 heteroatoms. The molecule has 0 N–H and O–H groups in total. The number of nitrogens with zero attached hydrogens (tertiary/aromatic N) is 1. The monoisotopic (exact) mass is 405 g/mol. The highest BCUT2D eigenvalue weighted by Crippen LogP contribution is 2.37. The van der Waals surface area contributed by atoms with Crippen LogP contribution >= 0.6 is 23.2 Å². The van der Waals surface area contributed by atoms with E-state index in [0.717, 1.165) is 5.56 Å². The molecule has 1 aromatic carbocycles. The minimum atomic E-state index is -1.87. The van der Waals surface area contributed by atoms with Crippen molar-refractivity contribution < 1.29 is 14.1 Å². The van der Waals surface area contributed by atoms with Gasteiger partial charge in [-0.25, -0.2) is 5.06 Å². The summed E-state index contributed by atoms with van der Waals surface area (Å²) in [7, 11) is 1.20. The Morgan fingerprint density at radius 2 is 1.84 bits per heavy atom. The van der Waals surface area contributed by atoms with Gasteiger partial charge in [-0.05, 0) is 42.2 Å². The number of hydroxylamine groups is 2. The van der Waals surface area contributed by atoms with Crippen LogP contribution in [0.15, 0.2) is 18.2 Å². The summed E-state index contributed by atoms with van der Waals surface area (Å²) < 4.78 is 6.23. The summed E-state index contributed by atoms with van der Waals surface area (Å²) in [6.45, 7) is 11.5. The van der Waals surface area contributed by atoms with Gasteiger partial charge in [0.2, 0.25) is 0 Å². The van der Waals surface area contributed by atoms with Crippen molar-refractivity contribution in [3.8, 4) is 0 Å². The summed E-state index contributed by atoms with van der Waals surface area (Å²) in [5, 5.41) is 2.26. The van der Waals surface area contributed by atoms with Crippen LogP contribution in [-0.4, -0.2) is 40.1 Å². The van der Waals surface area contributed by atoms with E-state index in [1.54, 1.807) is 19.2 Å². The Morgan fingerprint density at radius 1 is 1.24 bits per heavy atom. The van der Waals surface area contributed by atoms with E-state index < -0.39 is 14.2 Å². The Labute approximate surface area is 162 Å². The lowest BCUT2D eigenvalue weighted by molar-refractivity contribution is -0.170. The predicted molar refractivity (Wildman–Crippen MR) is 107 cm³/mol. The van der Waals surface area contributed by atoms with E-state index in [-0.39, 0.29) is 10.9 Å². The zero-order chi connectivity index (χ0) is 19.4. The molecular formula is C18H29Cl2NO3Si. The third-order valence-corrected chi connectivity index (χ3v) is 10.2. The molecule has 1 amide bonds. The van der Waals surface area contributed by atoms with Gasteiger partial charge in [-0.1, -0.05) is 50.0 Å². The molecule has 1 rings (SSSR count). The van der Waals surface area contributed by atoms with Crippen molar-refractivity contribution in [1.29, 1.82) is 0 Å². The van der Waals surface area contributed by atoms with Gasteiger partial charge in [0.25, 0.3) is 5.91 Å². The molecule has 0 spiro atoms. The van der Waals surface area contributed by atoms with Crippen molar-refractivity contribution in [2.24, 2.45) is 0 Å². The topological polar surface area (TPSA) is 38.8 Å². The van der Waals surface area contributed by atoms with Crippen molar-refractivity contribution in [2.75, 3.05) is 20.8 Å². The molecule has 0 heterocycles. The number of amides is 1. The first-order chi connectivity index (χ1) is 11.4. The maximum atomic E-state index is 12.7. The second-order valence-corrected chi connectivity index (χ2v) is 13.3. The number of carbonyl (C=O) groups is 1. The van der Waals surface area contributed by atoms with E-state index in [4.69, 9.17) is 32.5 Å². The second-order valence-electron chi connectivity index (χ2n) is 7.64. The molecule has 0 bridgehead atoms. The van der Waals surface area contributed by atoms with Gasteiger partial charge in [0.05, 0.1) is 23.1 Å². The van der Waals surface area contributed by atoms with Crippen molar-refractivity contribution in [3.63, 3.8) is 0 Å². The average molecular weight is 406 g/mol. The highest BCUT2D eigenvalue weighted by Gasteiger charge is 2.37. The third kappa shape index (κ3) is 5.96. The van der Waals surface area contributed by atoms with E-state index >= 15 is 0 Å². The fraction of sp³-hybridized carbons (Fsp3) is 0.611. The highest BCUT2D eigenvalue weighted by molar-refractivity contribution is 6.74. The molecule has 0 aliphatic heterocycles. The van der Waals surface area contributed by atoms with Crippen LogP contribution in [0.2, 0.25) is 28.2 Å². The van der Waals surface area contributed by atoms with E-state index in [0.29, 0.717) is 23.1 Å². The molecule has 0 saturated heterocycles. The summed E-state index contributed by atoms with van der Waals surface area (Å²) in [6.07, 6.45) is 0.553.